The number of nitrogens with zero attached hydrogens (tertiary/aromatic N) is 1. The quantitative estimate of drug-likeness (QED) is 0.917. The molecule has 0 radical (unpaired) electrons. The molecule has 0 unspecified atom stereocenters. The van der Waals surface area contributed by atoms with Crippen molar-refractivity contribution in [2.24, 2.45) is 5.73 Å². The van der Waals surface area contributed by atoms with Crippen LogP contribution in [0.3, 0.4) is 0 Å². The second-order valence-electron chi connectivity index (χ2n) is 5.03. The van der Waals surface area contributed by atoms with Gasteiger partial charge in [0.05, 0.1) is 11.3 Å². The van der Waals surface area contributed by atoms with Gasteiger partial charge in [-0.1, -0.05) is 27.7 Å². The van der Waals surface area contributed by atoms with Crippen LogP contribution in [0.2, 0.25) is 0 Å². The molecular weight excluding hydrogens is 257 g/mol. The Bertz CT molecular complexity index is 464. The molecule has 0 aliphatic rings. The Balaban J connectivity index is 3.68. The van der Waals surface area contributed by atoms with Crippen LogP contribution in [0.25, 0.3) is 0 Å². The van der Waals surface area contributed by atoms with Crippen molar-refractivity contribution in [2.75, 3.05) is 0 Å². The van der Waals surface area contributed by atoms with E-state index in [9.17, 15) is 18.0 Å². The number of alkyl halides is 3. The van der Waals surface area contributed by atoms with E-state index in [0.717, 1.165) is 6.07 Å². The molecule has 0 fully saturated rings. The Morgan fingerprint density at radius 1 is 1.21 bits per heavy atom. The van der Waals surface area contributed by atoms with Gasteiger partial charge >= 0.3 is 6.18 Å². The van der Waals surface area contributed by atoms with E-state index in [1.165, 1.54) is 0 Å². The fraction of sp³-hybridized carbons (Fsp3) is 0.538. The number of hydrogen-bond donors (Lipinski definition) is 1. The van der Waals surface area contributed by atoms with Crippen LogP contribution in [-0.4, -0.2) is 10.9 Å². The number of aromatic nitrogens is 1. The van der Waals surface area contributed by atoms with E-state index in [1.807, 2.05) is 0 Å². The number of nitrogens with two attached hydrogens (primary N) is 1. The minimum Gasteiger partial charge on any atom is -0.366 e. The van der Waals surface area contributed by atoms with Crippen molar-refractivity contribution in [3.05, 3.63) is 28.6 Å². The van der Waals surface area contributed by atoms with Crippen LogP contribution in [-0.2, 0) is 6.18 Å². The van der Waals surface area contributed by atoms with Crippen LogP contribution in [0.4, 0.5) is 13.2 Å². The van der Waals surface area contributed by atoms with Crippen molar-refractivity contribution < 1.29 is 18.0 Å². The minimum absolute atomic E-state index is 0.103. The van der Waals surface area contributed by atoms with Gasteiger partial charge < -0.3 is 5.73 Å². The molecule has 19 heavy (non-hydrogen) atoms. The Morgan fingerprint density at radius 2 is 1.74 bits per heavy atom. The summed E-state index contributed by atoms with van der Waals surface area (Å²) in [6.45, 7) is 6.79. The SMILES string of the molecule is CC(C)c1cc(C(F)(F)F)nc(C(C)C)c1C(N)=O. The van der Waals surface area contributed by atoms with Crippen LogP contribution in [0, 0.1) is 0 Å². The first-order chi connectivity index (χ1) is 8.55. The number of carbonyl (C=O) groups is 1. The molecule has 2 N–H and O–H groups in total. The van der Waals surface area contributed by atoms with Gasteiger partial charge in [0.15, 0.2) is 0 Å². The van der Waals surface area contributed by atoms with Gasteiger partial charge in [-0.05, 0) is 23.5 Å². The minimum atomic E-state index is -4.54. The van der Waals surface area contributed by atoms with Crippen LogP contribution >= 0.6 is 0 Å². The van der Waals surface area contributed by atoms with Gasteiger partial charge in [0.1, 0.15) is 5.69 Å². The summed E-state index contributed by atoms with van der Waals surface area (Å²) in [5, 5.41) is 0. The molecule has 0 saturated heterocycles. The van der Waals surface area contributed by atoms with Crippen LogP contribution < -0.4 is 5.73 Å². The molecule has 3 nitrogen and oxygen atoms in total. The molecule has 1 rings (SSSR count). The Hall–Kier alpha value is -1.59. The molecule has 0 aliphatic carbocycles. The summed E-state index contributed by atoms with van der Waals surface area (Å²) in [6, 6.07) is 0.913. The first-order valence-corrected chi connectivity index (χ1v) is 5.97. The van der Waals surface area contributed by atoms with Gasteiger partial charge in [-0.25, -0.2) is 4.98 Å². The Kier molecular flexibility index (Phi) is 4.22. The highest BCUT2D eigenvalue weighted by Crippen LogP contribution is 2.34. The molecular formula is C13H17F3N2O. The van der Waals surface area contributed by atoms with Crippen molar-refractivity contribution in [3.8, 4) is 0 Å². The predicted molar refractivity (Wildman–Crippen MR) is 65.9 cm³/mol. The van der Waals surface area contributed by atoms with E-state index in [1.54, 1.807) is 27.7 Å². The second kappa shape index (κ2) is 5.19. The van der Waals surface area contributed by atoms with Crippen molar-refractivity contribution in [3.63, 3.8) is 0 Å². The summed E-state index contributed by atoms with van der Waals surface area (Å²) in [6.07, 6.45) is -4.54. The Morgan fingerprint density at radius 3 is 2.05 bits per heavy atom. The molecule has 1 aromatic rings. The first-order valence-electron chi connectivity index (χ1n) is 5.97. The fourth-order valence-electron chi connectivity index (χ4n) is 1.87. The van der Waals surface area contributed by atoms with E-state index < -0.39 is 17.8 Å². The average molecular weight is 274 g/mol. The normalized spacial score (nSPS) is 12.3. The molecule has 0 bridgehead atoms. The monoisotopic (exact) mass is 274 g/mol. The van der Waals surface area contributed by atoms with Gasteiger partial charge in [-0.3, -0.25) is 4.79 Å². The number of hydrogen-bond acceptors (Lipinski definition) is 2. The van der Waals surface area contributed by atoms with Gasteiger partial charge in [0.2, 0.25) is 0 Å². The number of pyridine rings is 1. The fourth-order valence-corrected chi connectivity index (χ4v) is 1.87. The summed E-state index contributed by atoms with van der Waals surface area (Å²) < 4.78 is 38.5. The third kappa shape index (κ3) is 3.24. The lowest BCUT2D eigenvalue weighted by Crippen LogP contribution is -2.22. The zero-order valence-electron chi connectivity index (χ0n) is 11.3. The lowest BCUT2D eigenvalue weighted by molar-refractivity contribution is -0.141. The highest BCUT2D eigenvalue weighted by molar-refractivity contribution is 5.95. The third-order valence-electron chi connectivity index (χ3n) is 2.78. The van der Waals surface area contributed by atoms with Gasteiger partial charge in [0.25, 0.3) is 5.91 Å². The molecule has 1 heterocycles. The highest BCUT2D eigenvalue weighted by Gasteiger charge is 2.35. The third-order valence-corrected chi connectivity index (χ3v) is 2.78. The van der Waals surface area contributed by atoms with Gasteiger partial charge in [0, 0.05) is 0 Å². The zero-order chi connectivity index (χ0) is 15.0. The topological polar surface area (TPSA) is 56.0 Å². The molecule has 0 aromatic carbocycles. The van der Waals surface area contributed by atoms with Crippen molar-refractivity contribution >= 4 is 5.91 Å². The number of halogens is 3. The van der Waals surface area contributed by atoms with E-state index in [-0.39, 0.29) is 23.1 Å². The van der Waals surface area contributed by atoms with E-state index in [0.29, 0.717) is 5.56 Å². The largest absolute Gasteiger partial charge is 0.433 e. The van der Waals surface area contributed by atoms with E-state index in [2.05, 4.69) is 4.98 Å². The standard InChI is InChI=1S/C13H17F3N2O/c1-6(2)8-5-9(13(14,15)16)18-11(7(3)4)10(8)12(17)19/h5-7H,1-4H3,(H2,17,19). The van der Waals surface area contributed by atoms with Crippen LogP contribution in [0.15, 0.2) is 6.07 Å². The molecule has 1 amide bonds. The first kappa shape index (κ1) is 15.5. The maximum Gasteiger partial charge on any atom is 0.433 e. The predicted octanol–water partition coefficient (Wildman–Crippen LogP) is 3.45. The number of primary amides is 1. The van der Waals surface area contributed by atoms with E-state index in [4.69, 9.17) is 5.73 Å². The molecule has 0 atom stereocenters. The van der Waals surface area contributed by atoms with Crippen LogP contribution in [0.5, 0.6) is 0 Å². The second-order valence-corrected chi connectivity index (χ2v) is 5.03. The van der Waals surface area contributed by atoms with Crippen molar-refractivity contribution in [2.45, 2.75) is 45.7 Å². The lowest BCUT2D eigenvalue weighted by Gasteiger charge is -2.19. The van der Waals surface area contributed by atoms with E-state index >= 15 is 0 Å². The molecule has 0 saturated carbocycles. The number of rotatable bonds is 3. The molecule has 0 spiro atoms. The van der Waals surface area contributed by atoms with Crippen molar-refractivity contribution in [1.82, 2.24) is 4.98 Å². The lowest BCUT2D eigenvalue weighted by atomic mass is 9.91. The summed E-state index contributed by atoms with van der Waals surface area (Å²) in [5.74, 6) is -1.31. The summed E-state index contributed by atoms with van der Waals surface area (Å²) >= 11 is 0. The summed E-state index contributed by atoms with van der Waals surface area (Å²) in [7, 11) is 0. The Labute approximate surface area is 110 Å². The van der Waals surface area contributed by atoms with Gasteiger partial charge in [-0.15, -0.1) is 0 Å². The van der Waals surface area contributed by atoms with Crippen LogP contribution in [0.1, 0.15) is 66.8 Å². The molecule has 106 valence electrons. The van der Waals surface area contributed by atoms with Crippen molar-refractivity contribution in [1.29, 1.82) is 0 Å². The van der Waals surface area contributed by atoms with Gasteiger partial charge in [-0.2, -0.15) is 13.2 Å². The average Bonchev–Trinajstić information content (AvgIpc) is 2.25. The maximum atomic E-state index is 12.8. The molecule has 6 heteroatoms. The summed E-state index contributed by atoms with van der Waals surface area (Å²) in [4.78, 5) is 15.1. The highest BCUT2D eigenvalue weighted by atomic mass is 19.4. The summed E-state index contributed by atoms with van der Waals surface area (Å²) in [5.41, 5.74) is 4.81. The molecule has 0 aliphatic heterocycles. The smallest absolute Gasteiger partial charge is 0.366 e. The molecule has 1 aromatic heterocycles. The maximum absolute atomic E-state index is 12.8. The zero-order valence-corrected chi connectivity index (χ0v) is 11.3. The number of carbonyl (C=O) groups excluding carboxylic acids is 1. The number of amides is 1.